The monoisotopic (exact) mass is 328 g/mol. The Bertz CT molecular complexity index is 722. The minimum Gasteiger partial charge on any atom is -0.496 e. The number of aromatic nitrogens is 2. The second-order valence-corrected chi connectivity index (χ2v) is 5.70. The lowest BCUT2D eigenvalue weighted by molar-refractivity contribution is 0.133. The Morgan fingerprint density at radius 3 is 3.00 bits per heavy atom. The van der Waals surface area contributed by atoms with Gasteiger partial charge in [-0.25, -0.2) is 14.8 Å². The van der Waals surface area contributed by atoms with Crippen LogP contribution in [0, 0.1) is 0 Å². The maximum absolute atomic E-state index is 11.1. The number of methoxy groups -OCH3 is 1. The van der Waals surface area contributed by atoms with Crippen molar-refractivity contribution in [2.45, 2.75) is 18.9 Å². The number of hydrogen-bond acceptors (Lipinski definition) is 5. The Morgan fingerprint density at radius 1 is 1.38 bits per heavy atom. The van der Waals surface area contributed by atoms with Gasteiger partial charge >= 0.3 is 6.09 Å². The molecule has 2 N–H and O–H groups in total. The molecule has 7 nitrogen and oxygen atoms in total. The number of likely N-dealkylation sites (tertiary alicyclic amines) is 1. The van der Waals surface area contributed by atoms with Crippen LogP contribution in [0.1, 0.15) is 12.8 Å². The van der Waals surface area contributed by atoms with Crippen molar-refractivity contribution in [2.75, 3.05) is 25.5 Å². The van der Waals surface area contributed by atoms with Gasteiger partial charge in [0.25, 0.3) is 0 Å². The van der Waals surface area contributed by atoms with Crippen molar-refractivity contribution in [1.82, 2.24) is 14.9 Å². The Kier molecular flexibility index (Phi) is 4.79. The molecule has 0 radical (unpaired) electrons. The summed E-state index contributed by atoms with van der Waals surface area (Å²) < 4.78 is 5.38. The summed E-state index contributed by atoms with van der Waals surface area (Å²) in [7, 11) is 1.63. The number of anilines is 1. The molecule has 1 amide bonds. The number of para-hydroxylation sites is 1. The third kappa shape index (κ3) is 3.56. The summed E-state index contributed by atoms with van der Waals surface area (Å²) in [6.07, 6.45) is 2.38. The highest BCUT2D eigenvalue weighted by Gasteiger charge is 2.23. The Labute approximate surface area is 140 Å². The zero-order valence-electron chi connectivity index (χ0n) is 13.5. The Balaban J connectivity index is 1.77. The van der Waals surface area contributed by atoms with Crippen LogP contribution in [-0.2, 0) is 0 Å². The van der Waals surface area contributed by atoms with Gasteiger partial charge in [-0.2, -0.15) is 0 Å². The first-order valence-electron chi connectivity index (χ1n) is 7.87. The average Bonchev–Trinajstić information content (AvgIpc) is 2.62. The molecule has 126 valence electrons. The third-order valence-corrected chi connectivity index (χ3v) is 4.09. The summed E-state index contributed by atoms with van der Waals surface area (Å²) in [5, 5.41) is 12.4. The summed E-state index contributed by atoms with van der Waals surface area (Å²) in [4.78, 5) is 21.1. The van der Waals surface area contributed by atoms with Crippen molar-refractivity contribution in [3.05, 3.63) is 36.7 Å². The number of carbonyl (C=O) groups is 1. The molecule has 0 spiro atoms. The van der Waals surface area contributed by atoms with Crippen molar-refractivity contribution in [3.8, 4) is 17.0 Å². The molecule has 1 unspecified atom stereocenters. The fourth-order valence-corrected chi connectivity index (χ4v) is 2.92. The van der Waals surface area contributed by atoms with Crippen LogP contribution in [0.3, 0.4) is 0 Å². The molecule has 1 atom stereocenters. The fraction of sp³-hybridized carbons (Fsp3) is 0.353. The zero-order valence-corrected chi connectivity index (χ0v) is 13.5. The van der Waals surface area contributed by atoms with Gasteiger partial charge in [-0.15, -0.1) is 0 Å². The van der Waals surface area contributed by atoms with Gasteiger partial charge in [0, 0.05) is 30.8 Å². The van der Waals surface area contributed by atoms with Crippen LogP contribution in [0.25, 0.3) is 11.3 Å². The topological polar surface area (TPSA) is 87.6 Å². The molecule has 2 aromatic rings. The Morgan fingerprint density at radius 2 is 2.21 bits per heavy atom. The van der Waals surface area contributed by atoms with Gasteiger partial charge in [0.2, 0.25) is 0 Å². The van der Waals surface area contributed by atoms with E-state index in [0.717, 1.165) is 29.8 Å². The van der Waals surface area contributed by atoms with Gasteiger partial charge < -0.3 is 20.1 Å². The first kappa shape index (κ1) is 16.0. The molecule has 1 aromatic carbocycles. The van der Waals surface area contributed by atoms with E-state index in [1.54, 1.807) is 7.11 Å². The van der Waals surface area contributed by atoms with Gasteiger partial charge in [0.05, 0.1) is 12.8 Å². The molecular formula is C17H20N4O3. The van der Waals surface area contributed by atoms with E-state index in [9.17, 15) is 4.79 Å². The highest BCUT2D eigenvalue weighted by molar-refractivity contribution is 5.69. The normalized spacial score (nSPS) is 17.4. The number of nitrogens with one attached hydrogen (secondary N) is 1. The lowest BCUT2D eigenvalue weighted by atomic mass is 10.1. The van der Waals surface area contributed by atoms with E-state index < -0.39 is 6.09 Å². The van der Waals surface area contributed by atoms with E-state index in [1.807, 2.05) is 30.3 Å². The SMILES string of the molecule is COc1ccccc1-c1cc(NC2CCCN(C(=O)O)C2)ncn1. The number of amides is 1. The summed E-state index contributed by atoms with van der Waals surface area (Å²) in [6, 6.07) is 9.57. The summed E-state index contributed by atoms with van der Waals surface area (Å²) in [6.45, 7) is 1.05. The summed E-state index contributed by atoms with van der Waals surface area (Å²) in [5.41, 5.74) is 1.65. The fourth-order valence-electron chi connectivity index (χ4n) is 2.92. The van der Waals surface area contributed by atoms with Gasteiger partial charge in [0.15, 0.2) is 0 Å². The maximum atomic E-state index is 11.1. The van der Waals surface area contributed by atoms with E-state index in [-0.39, 0.29) is 6.04 Å². The van der Waals surface area contributed by atoms with Crippen molar-refractivity contribution in [3.63, 3.8) is 0 Å². The first-order chi connectivity index (χ1) is 11.7. The summed E-state index contributed by atoms with van der Waals surface area (Å²) in [5.74, 6) is 1.43. The quantitative estimate of drug-likeness (QED) is 0.897. The molecule has 3 rings (SSSR count). The van der Waals surface area contributed by atoms with E-state index in [2.05, 4.69) is 15.3 Å². The van der Waals surface area contributed by atoms with E-state index in [1.165, 1.54) is 11.2 Å². The molecule has 1 aliphatic rings. The molecule has 2 heterocycles. The molecule has 0 saturated carbocycles. The van der Waals surface area contributed by atoms with E-state index in [4.69, 9.17) is 9.84 Å². The lowest BCUT2D eigenvalue weighted by Crippen LogP contribution is -2.44. The molecule has 7 heteroatoms. The summed E-state index contributed by atoms with van der Waals surface area (Å²) >= 11 is 0. The molecule has 0 aliphatic carbocycles. The standard InChI is InChI=1S/C17H20N4O3/c1-24-15-7-3-2-6-13(15)14-9-16(19-11-18-14)20-12-5-4-8-21(10-12)17(22)23/h2-3,6-7,9,11-12H,4-5,8,10H2,1H3,(H,22,23)(H,18,19,20). The largest absolute Gasteiger partial charge is 0.496 e. The number of hydrogen-bond donors (Lipinski definition) is 2. The van der Waals surface area contributed by atoms with Crippen LogP contribution in [0.2, 0.25) is 0 Å². The van der Waals surface area contributed by atoms with E-state index >= 15 is 0 Å². The zero-order chi connectivity index (χ0) is 16.9. The molecule has 1 fully saturated rings. The van der Waals surface area contributed by atoms with Crippen LogP contribution in [0.5, 0.6) is 5.75 Å². The highest BCUT2D eigenvalue weighted by atomic mass is 16.5. The van der Waals surface area contributed by atoms with Crippen molar-refractivity contribution in [1.29, 1.82) is 0 Å². The molecule has 1 saturated heterocycles. The predicted molar refractivity (Wildman–Crippen MR) is 90.3 cm³/mol. The van der Waals surface area contributed by atoms with Crippen molar-refractivity contribution in [2.24, 2.45) is 0 Å². The van der Waals surface area contributed by atoms with Gasteiger partial charge in [-0.1, -0.05) is 12.1 Å². The lowest BCUT2D eigenvalue weighted by Gasteiger charge is -2.31. The van der Waals surface area contributed by atoms with Gasteiger partial charge in [0.1, 0.15) is 17.9 Å². The van der Waals surface area contributed by atoms with Gasteiger partial charge in [-0.3, -0.25) is 0 Å². The number of piperidine rings is 1. The number of rotatable bonds is 4. The van der Waals surface area contributed by atoms with Crippen LogP contribution in [0.15, 0.2) is 36.7 Å². The number of carboxylic acid groups (broad SMARTS) is 1. The smallest absolute Gasteiger partial charge is 0.407 e. The minimum absolute atomic E-state index is 0.0512. The predicted octanol–water partition coefficient (Wildman–Crippen LogP) is 2.71. The second kappa shape index (κ2) is 7.16. The molecule has 1 aromatic heterocycles. The number of benzene rings is 1. The van der Waals surface area contributed by atoms with E-state index in [0.29, 0.717) is 18.9 Å². The average molecular weight is 328 g/mol. The maximum Gasteiger partial charge on any atom is 0.407 e. The van der Waals surface area contributed by atoms with Crippen LogP contribution >= 0.6 is 0 Å². The van der Waals surface area contributed by atoms with Crippen LogP contribution < -0.4 is 10.1 Å². The van der Waals surface area contributed by atoms with Crippen LogP contribution in [0.4, 0.5) is 10.6 Å². The Hall–Kier alpha value is -2.83. The minimum atomic E-state index is -0.876. The molecule has 0 bridgehead atoms. The first-order valence-corrected chi connectivity index (χ1v) is 7.87. The second-order valence-electron chi connectivity index (χ2n) is 5.70. The molecule has 1 aliphatic heterocycles. The highest BCUT2D eigenvalue weighted by Crippen LogP contribution is 2.29. The van der Waals surface area contributed by atoms with Crippen molar-refractivity contribution >= 4 is 11.9 Å². The number of nitrogens with zero attached hydrogens (tertiary/aromatic N) is 3. The van der Waals surface area contributed by atoms with Crippen molar-refractivity contribution < 1.29 is 14.6 Å². The molecular weight excluding hydrogens is 308 g/mol. The molecule has 24 heavy (non-hydrogen) atoms. The van der Waals surface area contributed by atoms with Gasteiger partial charge in [-0.05, 0) is 25.0 Å². The number of ether oxygens (including phenoxy) is 1. The third-order valence-electron chi connectivity index (χ3n) is 4.09. The van der Waals surface area contributed by atoms with Crippen LogP contribution in [-0.4, -0.2) is 52.3 Å².